The van der Waals surface area contributed by atoms with Crippen molar-refractivity contribution in [3.63, 3.8) is 0 Å². The fraction of sp³-hybridized carbons (Fsp3) is 0.188. The molecule has 5 heteroatoms. The normalized spacial score (nSPS) is 11.6. The Hall–Kier alpha value is -2.20. The third-order valence-electron chi connectivity index (χ3n) is 3.04. The lowest BCUT2D eigenvalue weighted by molar-refractivity contribution is -0.141. The third-order valence-corrected chi connectivity index (χ3v) is 3.37. The lowest BCUT2D eigenvalue weighted by Crippen LogP contribution is -2.23. The Balaban J connectivity index is 2.44. The van der Waals surface area contributed by atoms with Gasteiger partial charge in [-0.2, -0.15) is 0 Å². The molecule has 0 aliphatic carbocycles. The molecule has 2 aromatic carbocycles. The van der Waals surface area contributed by atoms with Gasteiger partial charge in [0, 0.05) is 11.3 Å². The van der Waals surface area contributed by atoms with E-state index in [1.165, 1.54) is 14.2 Å². The first-order chi connectivity index (χ1) is 10.2. The Morgan fingerprint density at radius 3 is 2.43 bits per heavy atom. The smallest absolute Gasteiger partial charge is 0.333 e. The summed E-state index contributed by atoms with van der Waals surface area (Å²) < 4.78 is 10.2. The zero-order valence-electron chi connectivity index (χ0n) is 11.8. The Kier molecular flexibility index (Phi) is 5.06. The second-order valence-corrected chi connectivity index (χ2v) is 4.73. The number of benzene rings is 2. The minimum atomic E-state index is -0.749. The predicted octanol–water partition coefficient (Wildman–Crippen LogP) is 3.67. The zero-order chi connectivity index (χ0) is 15.2. The van der Waals surface area contributed by atoms with E-state index < -0.39 is 12.0 Å². The quantitative estimate of drug-likeness (QED) is 0.856. The van der Waals surface area contributed by atoms with Gasteiger partial charge in [0.25, 0.3) is 0 Å². The van der Waals surface area contributed by atoms with E-state index in [0.717, 1.165) is 5.69 Å². The van der Waals surface area contributed by atoms with Crippen molar-refractivity contribution in [3.05, 3.63) is 59.1 Å². The average molecular weight is 306 g/mol. The number of carbonyl (C=O) groups excluding carboxylic acids is 1. The van der Waals surface area contributed by atoms with Crippen molar-refractivity contribution in [3.8, 4) is 5.75 Å². The summed E-state index contributed by atoms with van der Waals surface area (Å²) in [6, 6.07) is 13.8. The number of hydrogen-bond acceptors (Lipinski definition) is 4. The molecular weight excluding hydrogens is 290 g/mol. The van der Waals surface area contributed by atoms with Crippen molar-refractivity contribution in [2.45, 2.75) is 6.04 Å². The van der Waals surface area contributed by atoms with E-state index in [9.17, 15) is 4.79 Å². The highest BCUT2D eigenvalue weighted by molar-refractivity contribution is 6.32. The topological polar surface area (TPSA) is 47.6 Å². The third kappa shape index (κ3) is 3.47. The number of rotatable bonds is 5. The van der Waals surface area contributed by atoms with Gasteiger partial charge in [-0.1, -0.05) is 35.9 Å². The molecule has 0 spiro atoms. The number of ether oxygens (including phenoxy) is 2. The average Bonchev–Trinajstić information content (AvgIpc) is 2.53. The molecule has 2 aromatic rings. The minimum Gasteiger partial charge on any atom is -0.496 e. The molecular formula is C16H16ClNO3. The van der Waals surface area contributed by atoms with Crippen LogP contribution in [-0.2, 0) is 9.53 Å². The molecule has 4 nitrogen and oxygen atoms in total. The Labute approximate surface area is 128 Å². The maximum Gasteiger partial charge on any atom is 0.333 e. The number of hydrogen-bond donors (Lipinski definition) is 1. The first-order valence-electron chi connectivity index (χ1n) is 6.39. The molecule has 0 amide bonds. The predicted molar refractivity (Wildman–Crippen MR) is 82.8 cm³/mol. The molecule has 0 aromatic heterocycles. The minimum absolute atomic E-state index is 0.438. The molecule has 0 bridgehead atoms. The number of halogens is 1. The Morgan fingerprint density at radius 2 is 1.81 bits per heavy atom. The van der Waals surface area contributed by atoms with Crippen molar-refractivity contribution in [2.75, 3.05) is 19.5 Å². The lowest BCUT2D eigenvalue weighted by atomic mass is 10.0. The molecule has 0 heterocycles. The van der Waals surface area contributed by atoms with Crippen molar-refractivity contribution in [1.82, 2.24) is 0 Å². The van der Waals surface area contributed by atoms with Crippen molar-refractivity contribution in [2.24, 2.45) is 0 Å². The maximum absolute atomic E-state index is 12.1. The fourth-order valence-electron chi connectivity index (χ4n) is 2.04. The van der Waals surface area contributed by atoms with E-state index in [1.807, 2.05) is 30.3 Å². The van der Waals surface area contributed by atoms with Crippen molar-refractivity contribution >= 4 is 23.3 Å². The van der Waals surface area contributed by atoms with Gasteiger partial charge in [0.1, 0.15) is 5.75 Å². The van der Waals surface area contributed by atoms with Crippen molar-refractivity contribution < 1.29 is 14.3 Å². The van der Waals surface area contributed by atoms with Crippen LogP contribution < -0.4 is 10.1 Å². The Bertz CT molecular complexity index is 616. The van der Waals surface area contributed by atoms with Crippen LogP contribution in [0.3, 0.4) is 0 Å². The highest BCUT2D eigenvalue weighted by Crippen LogP contribution is 2.34. The lowest BCUT2D eigenvalue weighted by Gasteiger charge is -2.21. The monoisotopic (exact) mass is 305 g/mol. The van der Waals surface area contributed by atoms with Crippen LogP contribution >= 0.6 is 11.6 Å². The molecule has 1 atom stereocenters. The van der Waals surface area contributed by atoms with Gasteiger partial charge < -0.3 is 14.8 Å². The maximum atomic E-state index is 12.1. The number of anilines is 1. The molecule has 1 unspecified atom stereocenters. The number of methoxy groups -OCH3 is 2. The highest BCUT2D eigenvalue weighted by atomic mass is 35.5. The number of nitrogens with one attached hydrogen (secondary N) is 1. The SMILES string of the molecule is COC(=O)C(Nc1ccccc1)c1c(Cl)cccc1OC. The van der Waals surface area contributed by atoms with Gasteiger partial charge in [-0.15, -0.1) is 0 Å². The van der Waals surface area contributed by atoms with Gasteiger partial charge >= 0.3 is 5.97 Å². The molecule has 0 radical (unpaired) electrons. The number of carbonyl (C=O) groups is 1. The summed E-state index contributed by atoms with van der Waals surface area (Å²) in [7, 11) is 2.87. The van der Waals surface area contributed by atoms with E-state index >= 15 is 0 Å². The summed E-state index contributed by atoms with van der Waals surface area (Å²) in [5, 5.41) is 3.56. The van der Waals surface area contributed by atoms with Crippen LogP contribution in [0, 0.1) is 0 Å². The van der Waals surface area contributed by atoms with Gasteiger partial charge in [0.05, 0.1) is 19.2 Å². The summed E-state index contributed by atoms with van der Waals surface area (Å²) in [6.07, 6.45) is 0. The molecule has 0 fully saturated rings. The molecule has 1 N–H and O–H groups in total. The van der Waals surface area contributed by atoms with Gasteiger partial charge in [0.2, 0.25) is 0 Å². The molecule has 0 aliphatic heterocycles. The fourth-order valence-corrected chi connectivity index (χ4v) is 2.32. The van der Waals surface area contributed by atoms with E-state index in [2.05, 4.69) is 5.32 Å². The van der Waals surface area contributed by atoms with Gasteiger partial charge in [-0.3, -0.25) is 0 Å². The largest absolute Gasteiger partial charge is 0.496 e. The van der Waals surface area contributed by atoms with E-state index in [4.69, 9.17) is 21.1 Å². The van der Waals surface area contributed by atoms with Gasteiger partial charge in [-0.25, -0.2) is 4.79 Å². The molecule has 21 heavy (non-hydrogen) atoms. The summed E-state index contributed by atoms with van der Waals surface area (Å²) in [5.74, 6) is 0.0894. The van der Waals surface area contributed by atoms with Crippen LogP contribution in [0.15, 0.2) is 48.5 Å². The first-order valence-corrected chi connectivity index (χ1v) is 6.77. The molecule has 110 valence electrons. The number of esters is 1. The van der Waals surface area contributed by atoms with Crippen LogP contribution in [-0.4, -0.2) is 20.2 Å². The van der Waals surface area contributed by atoms with Gasteiger partial charge in [-0.05, 0) is 24.3 Å². The summed E-state index contributed by atoms with van der Waals surface area (Å²) in [6.45, 7) is 0. The summed E-state index contributed by atoms with van der Waals surface area (Å²) in [4.78, 5) is 12.1. The molecule has 0 aliphatic rings. The van der Waals surface area contributed by atoms with Crippen LogP contribution in [0.5, 0.6) is 5.75 Å². The number of para-hydroxylation sites is 1. The van der Waals surface area contributed by atoms with Crippen LogP contribution in [0.4, 0.5) is 5.69 Å². The summed E-state index contributed by atoms with van der Waals surface area (Å²) in [5.41, 5.74) is 1.34. The van der Waals surface area contributed by atoms with E-state index in [1.54, 1.807) is 18.2 Å². The highest BCUT2D eigenvalue weighted by Gasteiger charge is 2.27. The van der Waals surface area contributed by atoms with Crippen LogP contribution in [0.2, 0.25) is 5.02 Å². The zero-order valence-corrected chi connectivity index (χ0v) is 12.6. The summed E-state index contributed by atoms with van der Waals surface area (Å²) >= 11 is 6.24. The molecule has 0 saturated heterocycles. The second-order valence-electron chi connectivity index (χ2n) is 4.32. The first kappa shape index (κ1) is 15.2. The van der Waals surface area contributed by atoms with Crippen LogP contribution in [0.25, 0.3) is 0 Å². The second kappa shape index (κ2) is 6.99. The molecule has 2 rings (SSSR count). The van der Waals surface area contributed by atoms with Crippen LogP contribution in [0.1, 0.15) is 11.6 Å². The van der Waals surface area contributed by atoms with E-state index in [-0.39, 0.29) is 0 Å². The van der Waals surface area contributed by atoms with E-state index in [0.29, 0.717) is 16.3 Å². The van der Waals surface area contributed by atoms with Crippen molar-refractivity contribution in [1.29, 1.82) is 0 Å². The van der Waals surface area contributed by atoms with Gasteiger partial charge in [0.15, 0.2) is 6.04 Å². The standard InChI is InChI=1S/C16H16ClNO3/c1-20-13-10-6-9-12(17)14(13)15(16(19)21-2)18-11-7-4-3-5-8-11/h3-10,15,18H,1-2H3. The molecule has 0 saturated carbocycles. The Morgan fingerprint density at radius 1 is 1.10 bits per heavy atom.